The normalized spacial score (nSPS) is 15.9. The van der Waals surface area contributed by atoms with Gasteiger partial charge in [0.2, 0.25) is 5.91 Å². The Bertz CT molecular complexity index is 1260. The Kier molecular flexibility index (Phi) is 5.64. The van der Waals surface area contributed by atoms with Crippen LogP contribution in [-0.4, -0.2) is 65.7 Å². The minimum absolute atomic E-state index is 0.0298. The molecular weight excluding hydrogens is 418 g/mol. The number of benzene rings is 2. The number of nitrogens with zero attached hydrogens (tertiary/aromatic N) is 3. The fourth-order valence-corrected chi connectivity index (χ4v) is 4.74. The summed E-state index contributed by atoms with van der Waals surface area (Å²) in [7, 11) is 0. The zero-order valence-corrected chi connectivity index (χ0v) is 18.5. The van der Waals surface area contributed by atoms with Crippen LogP contribution in [0.25, 0.3) is 22.0 Å². The number of hydrogen-bond donors (Lipinski definition) is 0. The summed E-state index contributed by atoms with van der Waals surface area (Å²) in [6.07, 6.45) is 1.49. The van der Waals surface area contributed by atoms with Crippen LogP contribution in [0, 0.1) is 0 Å². The van der Waals surface area contributed by atoms with E-state index < -0.39 is 0 Å². The topological polar surface area (TPSA) is 79.8 Å². The maximum absolute atomic E-state index is 13.1. The molecule has 1 saturated heterocycles. The Morgan fingerprint density at radius 3 is 2.58 bits per heavy atom. The minimum atomic E-state index is -0.0298. The Balaban J connectivity index is 1.63. The first-order chi connectivity index (χ1) is 16.0. The number of carbonyl (C=O) groups excluding carboxylic acids is 3. The molecule has 0 radical (unpaired) electrons. The van der Waals surface area contributed by atoms with Gasteiger partial charge in [-0.1, -0.05) is 18.2 Å². The molecule has 0 atom stereocenters. The Morgan fingerprint density at radius 1 is 1.00 bits per heavy atom. The van der Waals surface area contributed by atoms with Crippen molar-refractivity contribution in [3.63, 3.8) is 0 Å². The number of hydrogen-bond acceptors (Lipinski definition) is 5. The molecule has 0 saturated carbocycles. The van der Waals surface area contributed by atoms with Crippen molar-refractivity contribution in [2.24, 2.45) is 0 Å². The third-order valence-electron chi connectivity index (χ3n) is 6.50. The van der Waals surface area contributed by atoms with Crippen molar-refractivity contribution in [2.45, 2.75) is 19.9 Å². The first-order valence-corrected chi connectivity index (χ1v) is 11.2. The highest BCUT2D eigenvalue weighted by atomic mass is 16.5. The van der Waals surface area contributed by atoms with Gasteiger partial charge in [-0.2, -0.15) is 0 Å². The molecule has 2 aliphatic heterocycles. The molecule has 2 aliphatic rings. The fraction of sp³-hybridized carbons (Fsp3) is 0.308. The zero-order chi connectivity index (χ0) is 22.9. The highest BCUT2D eigenvalue weighted by molar-refractivity contribution is 6.03. The summed E-state index contributed by atoms with van der Waals surface area (Å²) in [6, 6.07) is 13.3. The number of carbonyl (C=O) groups is 3. The molecule has 33 heavy (non-hydrogen) atoms. The number of aromatic nitrogens is 1. The molecule has 3 aromatic rings. The van der Waals surface area contributed by atoms with Gasteiger partial charge >= 0.3 is 0 Å². The number of ether oxygens (including phenoxy) is 1. The molecule has 7 heteroatoms. The monoisotopic (exact) mass is 443 g/mol. The van der Waals surface area contributed by atoms with E-state index in [1.807, 2.05) is 35.2 Å². The van der Waals surface area contributed by atoms with E-state index in [0.29, 0.717) is 56.2 Å². The van der Waals surface area contributed by atoms with Gasteiger partial charge in [-0.25, -0.2) is 4.98 Å². The molecule has 1 aromatic heterocycles. The van der Waals surface area contributed by atoms with Crippen LogP contribution in [0.3, 0.4) is 0 Å². The zero-order valence-electron chi connectivity index (χ0n) is 18.5. The molecule has 0 aliphatic carbocycles. The smallest absolute Gasteiger partial charge is 0.254 e. The van der Waals surface area contributed by atoms with Gasteiger partial charge in [-0.05, 0) is 52.9 Å². The van der Waals surface area contributed by atoms with Crippen LogP contribution in [0.1, 0.15) is 38.9 Å². The molecule has 7 nitrogen and oxygen atoms in total. The fourth-order valence-electron chi connectivity index (χ4n) is 4.74. The van der Waals surface area contributed by atoms with Gasteiger partial charge in [-0.15, -0.1) is 0 Å². The standard InChI is InChI=1S/C26H25N3O4/c1-17(31)29-8-7-21-19(15-29)3-2-4-22(21)23-14-20(16-30)27-25-6-5-18(13-24(23)25)26(32)28-9-11-33-12-10-28/h2-6,13-14,16H,7-12,15H2,1H3. The Labute approximate surface area is 192 Å². The molecule has 0 unspecified atom stereocenters. The lowest BCUT2D eigenvalue weighted by Crippen LogP contribution is -2.40. The second kappa shape index (κ2) is 8.75. The maximum Gasteiger partial charge on any atom is 0.254 e. The van der Waals surface area contributed by atoms with Crippen molar-refractivity contribution in [1.82, 2.24) is 14.8 Å². The average molecular weight is 444 g/mol. The molecule has 5 rings (SSSR count). The molecule has 0 bridgehead atoms. The van der Waals surface area contributed by atoms with Crippen molar-refractivity contribution in [3.05, 3.63) is 64.8 Å². The van der Waals surface area contributed by atoms with Gasteiger partial charge in [-0.3, -0.25) is 14.4 Å². The van der Waals surface area contributed by atoms with Crippen LogP contribution in [-0.2, 0) is 22.5 Å². The second-order valence-electron chi connectivity index (χ2n) is 8.48. The van der Waals surface area contributed by atoms with E-state index in [1.165, 1.54) is 5.56 Å². The summed E-state index contributed by atoms with van der Waals surface area (Å²) >= 11 is 0. The molecule has 0 N–H and O–H groups in total. The van der Waals surface area contributed by atoms with Crippen LogP contribution >= 0.6 is 0 Å². The van der Waals surface area contributed by atoms with E-state index in [-0.39, 0.29) is 11.8 Å². The first-order valence-electron chi connectivity index (χ1n) is 11.2. The van der Waals surface area contributed by atoms with Gasteiger partial charge in [0, 0.05) is 44.1 Å². The number of rotatable bonds is 3. The van der Waals surface area contributed by atoms with E-state index in [4.69, 9.17) is 4.74 Å². The Morgan fingerprint density at radius 2 is 1.82 bits per heavy atom. The maximum atomic E-state index is 13.1. The Hall–Kier alpha value is -3.58. The van der Waals surface area contributed by atoms with Gasteiger partial charge in [0.1, 0.15) is 5.69 Å². The van der Waals surface area contributed by atoms with Gasteiger partial charge in [0.05, 0.1) is 18.7 Å². The van der Waals surface area contributed by atoms with Crippen LogP contribution in [0.5, 0.6) is 0 Å². The van der Waals surface area contributed by atoms with Crippen molar-refractivity contribution in [1.29, 1.82) is 0 Å². The van der Waals surface area contributed by atoms with E-state index in [1.54, 1.807) is 24.0 Å². The highest BCUT2D eigenvalue weighted by Crippen LogP contribution is 2.35. The van der Waals surface area contributed by atoms with E-state index in [2.05, 4.69) is 4.98 Å². The summed E-state index contributed by atoms with van der Waals surface area (Å²) in [6.45, 7) is 5.06. The third kappa shape index (κ3) is 4.00. The minimum Gasteiger partial charge on any atom is -0.378 e. The lowest BCUT2D eigenvalue weighted by atomic mass is 9.88. The van der Waals surface area contributed by atoms with Gasteiger partial charge in [0.15, 0.2) is 6.29 Å². The predicted molar refractivity (Wildman–Crippen MR) is 124 cm³/mol. The number of aldehydes is 1. The van der Waals surface area contributed by atoms with Crippen LogP contribution < -0.4 is 0 Å². The quantitative estimate of drug-likeness (QED) is 0.581. The SMILES string of the molecule is CC(=O)N1CCc2c(cccc2-c2cc(C=O)nc3ccc(C(=O)N4CCOCC4)cc23)C1. The number of fused-ring (bicyclic) bond motifs is 2. The molecule has 0 spiro atoms. The van der Waals surface area contributed by atoms with E-state index in [0.717, 1.165) is 34.8 Å². The highest BCUT2D eigenvalue weighted by Gasteiger charge is 2.23. The molecule has 2 aromatic carbocycles. The lowest BCUT2D eigenvalue weighted by Gasteiger charge is -2.29. The van der Waals surface area contributed by atoms with E-state index in [9.17, 15) is 14.4 Å². The third-order valence-corrected chi connectivity index (χ3v) is 6.50. The lowest BCUT2D eigenvalue weighted by molar-refractivity contribution is -0.129. The van der Waals surface area contributed by atoms with Gasteiger partial charge < -0.3 is 14.5 Å². The summed E-state index contributed by atoms with van der Waals surface area (Å²) < 4.78 is 5.37. The van der Waals surface area contributed by atoms with Crippen LogP contribution in [0.2, 0.25) is 0 Å². The summed E-state index contributed by atoms with van der Waals surface area (Å²) in [4.78, 5) is 44.8. The average Bonchev–Trinajstić information content (AvgIpc) is 2.87. The first kappa shape index (κ1) is 21.3. The van der Waals surface area contributed by atoms with E-state index >= 15 is 0 Å². The predicted octanol–water partition coefficient (Wildman–Crippen LogP) is 3.09. The van der Waals surface area contributed by atoms with Crippen LogP contribution in [0.4, 0.5) is 0 Å². The van der Waals surface area contributed by atoms with Crippen molar-refractivity contribution in [2.75, 3.05) is 32.8 Å². The summed E-state index contributed by atoms with van der Waals surface area (Å²) in [5, 5.41) is 0.835. The molecular formula is C26H25N3O4. The summed E-state index contributed by atoms with van der Waals surface area (Å²) in [5.41, 5.74) is 5.79. The number of amides is 2. The molecule has 3 heterocycles. The number of pyridine rings is 1. The molecule has 2 amide bonds. The van der Waals surface area contributed by atoms with Crippen molar-refractivity contribution in [3.8, 4) is 11.1 Å². The van der Waals surface area contributed by atoms with Crippen molar-refractivity contribution < 1.29 is 19.1 Å². The second-order valence-corrected chi connectivity index (χ2v) is 8.48. The largest absolute Gasteiger partial charge is 0.378 e. The van der Waals surface area contributed by atoms with Crippen molar-refractivity contribution >= 4 is 29.0 Å². The molecule has 168 valence electrons. The van der Waals surface area contributed by atoms with Crippen LogP contribution in [0.15, 0.2) is 42.5 Å². The molecule has 1 fully saturated rings. The van der Waals surface area contributed by atoms with Gasteiger partial charge in [0.25, 0.3) is 5.91 Å². The number of morpholine rings is 1. The summed E-state index contributed by atoms with van der Waals surface area (Å²) in [5.74, 6) is 0.0349.